The first-order chi connectivity index (χ1) is 12.1. The van der Waals surface area contributed by atoms with E-state index >= 15 is 0 Å². The van der Waals surface area contributed by atoms with Crippen molar-refractivity contribution in [3.05, 3.63) is 59.4 Å². The Kier molecular flexibility index (Phi) is 4.19. The zero-order chi connectivity index (χ0) is 19.1. The minimum atomic E-state index is -5.15. The van der Waals surface area contributed by atoms with E-state index < -0.39 is 30.0 Å². The molecule has 0 bridgehead atoms. The van der Waals surface area contributed by atoms with E-state index in [-0.39, 0.29) is 16.3 Å². The number of amides is 1. The highest BCUT2D eigenvalue weighted by Gasteiger charge is 2.63. The van der Waals surface area contributed by atoms with Crippen molar-refractivity contribution >= 4 is 11.6 Å². The molecule has 3 rings (SSSR count). The monoisotopic (exact) mass is 365 g/mol. The molecule has 2 aromatic rings. The van der Waals surface area contributed by atoms with Crippen LogP contribution >= 0.6 is 0 Å². The van der Waals surface area contributed by atoms with E-state index in [4.69, 9.17) is 0 Å². The lowest BCUT2D eigenvalue weighted by molar-refractivity contribution is -0.297. The molecule has 0 fully saturated rings. The van der Waals surface area contributed by atoms with Crippen LogP contribution in [-0.2, 0) is 0 Å². The number of hydrogen-bond acceptors (Lipinski definition) is 5. The summed E-state index contributed by atoms with van der Waals surface area (Å²) in [4.78, 5) is 16.4. The van der Waals surface area contributed by atoms with Gasteiger partial charge in [0, 0.05) is 18.0 Å². The number of aromatic hydroxyl groups is 1. The molecule has 6 nitrogen and oxygen atoms in total. The van der Waals surface area contributed by atoms with Crippen molar-refractivity contribution in [3.8, 4) is 5.75 Å². The first kappa shape index (κ1) is 17.9. The number of hydrogen-bond donors (Lipinski definition) is 2. The van der Waals surface area contributed by atoms with Crippen LogP contribution in [0, 0.1) is 6.92 Å². The smallest absolute Gasteiger partial charge is 0.438 e. The number of para-hydroxylation sites is 1. The van der Waals surface area contributed by atoms with Crippen molar-refractivity contribution in [2.75, 3.05) is 0 Å². The Balaban J connectivity index is 2.09. The van der Waals surface area contributed by atoms with Crippen LogP contribution in [0.3, 0.4) is 0 Å². The Morgan fingerprint density at radius 3 is 2.50 bits per heavy atom. The number of halogens is 3. The number of alkyl halides is 3. The molecule has 2 N–H and O–H groups in total. The van der Waals surface area contributed by atoms with Crippen LogP contribution in [0.15, 0.2) is 47.8 Å². The lowest BCUT2D eigenvalue weighted by Crippen LogP contribution is -2.56. The molecule has 1 aliphatic rings. The van der Waals surface area contributed by atoms with Gasteiger partial charge in [-0.3, -0.25) is 9.78 Å². The van der Waals surface area contributed by atoms with Gasteiger partial charge in [0.05, 0.1) is 17.7 Å². The third-order valence-corrected chi connectivity index (χ3v) is 4.11. The second-order valence-electron chi connectivity index (χ2n) is 5.86. The number of carbonyl (C=O) groups is 1. The summed E-state index contributed by atoms with van der Waals surface area (Å²) in [7, 11) is 0. The molecular weight excluding hydrogens is 351 g/mol. The number of aliphatic hydroxyl groups is 1. The number of nitrogens with zero attached hydrogens (tertiary/aromatic N) is 3. The van der Waals surface area contributed by atoms with E-state index in [0.29, 0.717) is 11.1 Å². The van der Waals surface area contributed by atoms with Gasteiger partial charge in [-0.05, 0) is 30.7 Å². The van der Waals surface area contributed by atoms with E-state index in [1.54, 1.807) is 0 Å². The summed E-state index contributed by atoms with van der Waals surface area (Å²) in [5.41, 5.74) is -3.41. The molecule has 0 unspecified atom stereocenters. The number of aryl methyl sites for hydroxylation is 1. The third kappa shape index (κ3) is 2.80. The quantitative estimate of drug-likeness (QED) is 0.857. The maximum absolute atomic E-state index is 13.5. The van der Waals surface area contributed by atoms with Crippen molar-refractivity contribution in [3.63, 3.8) is 0 Å². The first-order valence-electron chi connectivity index (χ1n) is 7.55. The molecule has 2 heterocycles. The Morgan fingerprint density at radius 2 is 1.88 bits per heavy atom. The molecule has 0 aliphatic carbocycles. The summed E-state index contributed by atoms with van der Waals surface area (Å²) in [5.74, 6) is -1.72. The molecule has 1 aliphatic heterocycles. The second-order valence-corrected chi connectivity index (χ2v) is 5.86. The molecule has 0 spiro atoms. The fourth-order valence-electron chi connectivity index (χ4n) is 2.63. The van der Waals surface area contributed by atoms with Gasteiger partial charge in [0.25, 0.3) is 11.6 Å². The molecule has 26 heavy (non-hydrogen) atoms. The number of phenols is 1. The number of phenolic OH excluding ortho intramolecular Hbond substituents is 1. The highest BCUT2D eigenvalue weighted by Crippen LogP contribution is 2.42. The van der Waals surface area contributed by atoms with Crippen molar-refractivity contribution in [2.24, 2.45) is 5.10 Å². The largest absolute Gasteiger partial charge is 0.507 e. The number of hydrazone groups is 1. The molecule has 9 heteroatoms. The fourth-order valence-corrected chi connectivity index (χ4v) is 2.63. The summed E-state index contributed by atoms with van der Waals surface area (Å²) >= 11 is 0. The molecule has 1 aromatic carbocycles. The van der Waals surface area contributed by atoms with Gasteiger partial charge >= 0.3 is 6.18 Å². The van der Waals surface area contributed by atoms with Gasteiger partial charge in [0.1, 0.15) is 5.75 Å². The topological polar surface area (TPSA) is 86.0 Å². The number of pyridine rings is 1. The number of rotatable bonds is 2. The van der Waals surface area contributed by atoms with Crippen LogP contribution in [0.2, 0.25) is 0 Å². The fraction of sp³-hybridized carbons (Fsp3) is 0.235. The zero-order valence-electron chi connectivity index (χ0n) is 13.5. The van der Waals surface area contributed by atoms with Crippen molar-refractivity contribution < 1.29 is 28.2 Å². The molecule has 1 atom stereocenters. The van der Waals surface area contributed by atoms with E-state index in [9.17, 15) is 28.2 Å². The Labute approximate surface area is 146 Å². The molecule has 0 radical (unpaired) electrons. The first-order valence-corrected chi connectivity index (χ1v) is 7.55. The summed E-state index contributed by atoms with van der Waals surface area (Å²) in [5, 5.41) is 24.0. The Hall–Kier alpha value is -2.94. The maximum Gasteiger partial charge on any atom is 0.438 e. The SMILES string of the molecule is Cc1cccc(C(=O)N2N=C(c3ccncc3)C[C@@]2(O)C(F)(F)F)c1O. The average Bonchev–Trinajstić information content (AvgIpc) is 2.96. The lowest BCUT2D eigenvalue weighted by Gasteiger charge is -2.32. The highest BCUT2D eigenvalue weighted by atomic mass is 19.4. The molecule has 0 saturated carbocycles. The van der Waals surface area contributed by atoms with Gasteiger partial charge in [0.2, 0.25) is 0 Å². The highest BCUT2D eigenvalue weighted by molar-refractivity contribution is 6.06. The van der Waals surface area contributed by atoms with E-state index in [0.717, 1.165) is 0 Å². The lowest BCUT2D eigenvalue weighted by atomic mass is 10.0. The molecule has 1 aromatic heterocycles. The standard InChI is InChI=1S/C17H14F3N3O3/c1-10-3-2-4-12(14(10)24)15(25)23-16(26,17(18,19)20)9-13(22-23)11-5-7-21-8-6-11/h2-8,24,26H,9H2,1H3/t16-/m1/s1. The van der Waals surface area contributed by atoms with Gasteiger partial charge in [-0.15, -0.1) is 0 Å². The van der Waals surface area contributed by atoms with Gasteiger partial charge in [-0.2, -0.15) is 23.3 Å². The minimum Gasteiger partial charge on any atom is -0.507 e. The normalized spacial score (nSPS) is 20.2. The average molecular weight is 365 g/mol. The minimum absolute atomic E-state index is 0.0166. The van der Waals surface area contributed by atoms with Gasteiger partial charge in [-0.25, -0.2) is 0 Å². The second kappa shape index (κ2) is 6.10. The maximum atomic E-state index is 13.5. The number of benzene rings is 1. The summed E-state index contributed by atoms with van der Waals surface area (Å²) < 4.78 is 40.6. The Bertz CT molecular complexity index is 884. The van der Waals surface area contributed by atoms with E-state index in [1.165, 1.54) is 49.6 Å². The van der Waals surface area contributed by atoms with Crippen LogP contribution in [0.1, 0.15) is 27.9 Å². The van der Waals surface area contributed by atoms with Crippen molar-refractivity contribution in [2.45, 2.75) is 25.2 Å². The number of carbonyl (C=O) groups excluding carboxylic acids is 1. The predicted octanol–water partition coefficient (Wildman–Crippen LogP) is 2.60. The zero-order valence-corrected chi connectivity index (χ0v) is 13.5. The Morgan fingerprint density at radius 1 is 1.23 bits per heavy atom. The van der Waals surface area contributed by atoms with Gasteiger partial charge < -0.3 is 10.2 Å². The third-order valence-electron chi connectivity index (χ3n) is 4.11. The van der Waals surface area contributed by atoms with Gasteiger partial charge in [-0.1, -0.05) is 12.1 Å². The van der Waals surface area contributed by atoms with E-state index in [1.807, 2.05) is 0 Å². The van der Waals surface area contributed by atoms with Crippen molar-refractivity contribution in [1.82, 2.24) is 9.99 Å². The van der Waals surface area contributed by atoms with Crippen molar-refractivity contribution in [1.29, 1.82) is 0 Å². The van der Waals surface area contributed by atoms with Crippen LogP contribution in [0.4, 0.5) is 13.2 Å². The number of aromatic nitrogens is 1. The summed E-state index contributed by atoms with van der Waals surface area (Å²) in [6, 6.07) is 6.93. The molecule has 0 saturated heterocycles. The molecule has 1 amide bonds. The van der Waals surface area contributed by atoms with Crippen LogP contribution in [-0.4, -0.2) is 43.7 Å². The van der Waals surface area contributed by atoms with Crippen LogP contribution in [0.25, 0.3) is 0 Å². The molecule has 136 valence electrons. The molecular formula is C17H14F3N3O3. The van der Waals surface area contributed by atoms with E-state index in [2.05, 4.69) is 10.1 Å². The summed E-state index contributed by atoms with van der Waals surface area (Å²) in [6.45, 7) is 1.50. The van der Waals surface area contributed by atoms with Crippen LogP contribution < -0.4 is 0 Å². The van der Waals surface area contributed by atoms with Crippen LogP contribution in [0.5, 0.6) is 5.75 Å². The predicted molar refractivity (Wildman–Crippen MR) is 85.4 cm³/mol. The summed E-state index contributed by atoms with van der Waals surface area (Å²) in [6.07, 6.45) is -3.36. The van der Waals surface area contributed by atoms with Gasteiger partial charge in [0.15, 0.2) is 0 Å².